The lowest BCUT2D eigenvalue weighted by Crippen LogP contribution is -2.35. The van der Waals surface area contributed by atoms with Gasteiger partial charge < -0.3 is 10.2 Å². The first kappa shape index (κ1) is 21.3. The first-order valence-corrected chi connectivity index (χ1v) is 9.83. The fraction of sp³-hybridized carbons (Fsp3) is 0.545. The Bertz CT molecular complexity index is 655. The third kappa shape index (κ3) is 7.65. The molecule has 148 valence electrons. The van der Waals surface area contributed by atoms with Gasteiger partial charge in [-0.05, 0) is 44.6 Å². The molecule has 0 amide bonds. The van der Waals surface area contributed by atoms with Crippen LogP contribution in [0, 0.1) is 6.92 Å². The normalized spacial score (nSPS) is 19.0. The predicted octanol–water partition coefficient (Wildman–Crippen LogP) is 3.13. The molecule has 1 aromatic carbocycles. The Morgan fingerprint density at radius 3 is 2.93 bits per heavy atom. The van der Waals surface area contributed by atoms with Crippen LogP contribution in [-0.2, 0) is 16.0 Å². The summed E-state index contributed by atoms with van der Waals surface area (Å²) in [4.78, 5) is 24.8. The number of Topliss-reactive ketones (excluding diaryl/α,β-unsaturated/α-hetero) is 1. The van der Waals surface area contributed by atoms with Crippen molar-refractivity contribution < 1.29 is 19.8 Å². The monoisotopic (exact) mass is 373 g/mol. The molecule has 1 unspecified atom stereocenters. The fourth-order valence-electron chi connectivity index (χ4n) is 3.57. The van der Waals surface area contributed by atoms with Crippen LogP contribution >= 0.6 is 0 Å². The third-order valence-electron chi connectivity index (χ3n) is 5.05. The molecule has 1 aromatic rings. The maximum atomic E-state index is 12.2. The van der Waals surface area contributed by atoms with Crippen LogP contribution in [0.1, 0.15) is 49.7 Å². The largest absolute Gasteiger partial charge is 0.481 e. The second-order valence-corrected chi connectivity index (χ2v) is 7.40. The van der Waals surface area contributed by atoms with Gasteiger partial charge >= 0.3 is 5.97 Å². The average Bonchev–Trinajstić information content (AvgIpc) is 2.96. The summed E-state index contributed by atoms with van der Waals surface area (Å²) < 4.78 is 0. The van der Waals surface area contributed by atoms with E-state index in [0.29, 0.717) is 32.1 Å². The van der Waals surface area contributed by atoms with Gasteiger partial charge in [-0.1, -0.05) is 42.0 Å². The Balaban J connectivity index is 1.74. The van der Waals surface area contributed by atoms with Gasteiger partial charge in [0.05, 0.1) is 12.1 Å². The number of unbranched alkanes of at least 4 members (excludes halogenated alkanes) is 1. The summed E-state index contributed by atoms with van der Waals surface area (Å²) >= 11 is 0. The van der Waals surface area contributed by atoms with Crippen molar-refractivity contribution in [1.82, 2.24) is 4.90 Å². The Morgan fingerprint density at radius 2 is 2.19 bits per heavy atom. The number of hydrogen-bond donors (Lipinski definition) is 2. The van der Waals surface area contributed by atoms with E-state index >= 15 is 0 Å². The summed E-state index contributed by atoms with van der Waals surface area (Å²) in [5.74, 6) is -0.511. The van der Waals surface area contributed by atoms with Crippen molar-refractivity contribution in [3.05, 3.63) is 47.5 Å². The fourth-order valence-corrected chi connectivity index (χ4v) is 3.57. The minimum Gasteiger partial charge on any atom is -0.481 e. The van der Waals surface area contributed by atoms with E-state index in [2.05, 4.69) is 11.0 Å². The van der Waals surface area contributed by atoms with Crippen LogP contribution in [0.25, 0.3) is 0 Å². The van der Waals surface area contributed by atoms with E-state index in [1.807, 2.05) is 37.3 Å². The molecule has 1 saturated heterocycles. The van der Waals surface area contributed by atoms with E-state index in [1.165, 1.54) is 5.56 Å². The van der Waals surface area contributed by atoms with Crippen molar-refractivity contribution in [2.24, 2.45) is 0 Å². The number of benzene rings is 1. The maximum Gasteiger partial charge on any atom is 0.303 e. The van der Waals surface area contributed by atoms with Crippen LogP contribution < -0.4 is 0 Å². The van der Waals surface area contributed by atoms with Crippen molar-refractivity contribution in [3.8, 4) is 0 Å². The highest BCUT2D eigenvalue weighted by Gasteiger charge is 2.31. The summed E-state index contributed by atoms with van der Waals surface area (Å²) in [5, 5.41) is 19.0. The molecule has 0 aliphatic carbocycles. The Kier molecular flexibility index (Phi) is 8.69. The second-order valence-electron chi connectivity index (χ2n) is 7.40. The van der Waals surface area contributed by atoms with Crippen LogP contribution in [0.15, 0.2) is 36.4 Å². The number of carboxylic acid groups (broad SMARTS) is 1. The van der Waals surface area contributed by atoms with Crippen molar-refractivity contribution in [1.29, 1.82) is 0 Å². The molecule has 2 rings (SSSR count). The van der Waals surface area contributed by atoms with Gasteiger partial charge in [-0.25, -0.2) is 0 Å². The van der Waals surface area contributed by atoms with E-state index in [0.717, 1.165) is 25.1 Å². The Hall–Kier alpha value is -1.98. The molecule has 5 heteroatoms. The number of ketones is 1. The van der Waals surface area contributed by atoms with Gasteiger partial charge in [-0.2, -0.15) is 0 Å². The molecular formula is C22H31NO4. The molecule has 2 atom stereocenters. The average molecular weight is 373 g/mol. The van der Waals surface area contributed by atoms with Crippen LogP contribution in [0.4, 0.5) is 0 Å². The molecular weight excluding hydrogens is 342 g/mol. The van der Waals surface area contributed by atoms with Crippen molar-refractivity contribution >= 4 is 11.8 Å². The summed E-state index contributed by atoms with van der Waals surface area (Å²) in [6, 6.07) is 8.08. The first-order chi connectivity index (χ1) is 13.0. The van der Waals surface area contributed by atoms with Crippen molar-refractivity contribution in [2.45, 2.75) is 64.0 Å². The van der Waals surface area contributed by atoms with Gasteiger partial charge in [0.2, 0.25) is 0 Å². The quantitative estimate of drug-likeness (QED) is 0.460. The SMILES string of the molecule is Cc1cccc(CC(O)CCN2CCC(=O)[C@@H]2CC=CCCCC(=O)O)c1. The highest BCUT2D eigenvalue weighted by atomic mass is 16.4. The number of likely N-dealkylation sites (tertiary alicyclic amines) is 1. The zero-order valence-corrected chi connectivity index (χ0v) is 16.1. The number of allylic oxidation sites excluding steroid dienone is 1. The molecule has 1 aliphatic heterocycles. The summed E-state index contributed by atoms with van der Waals surface area (Å²) in [6.45, 7) is 3.52. The van der Waals surface area contributed by atoms with Gasteiger partial charge in [0.25, 0.3) is 0 Å². The van der Waals surface area contributed by atoms with Crippen LogP contribution in [0.2, 0.25) is 0 Å². The summed E-state index contributed by atoms with van der Waals surface area (Å²) in [5.41, 5.74) is 2.33. The van der Waals surface area contributed by atoms with E-state index in [4.69, 9.17) is 5.11 Å². The Labute approximate surface area is 161 Å². The molecule has 1 aliphatic rings. The van der Waals surface area contributed by atoms with Crippen LogP contribution in [0.3, 0.4) is 0 Å². The number of rotatable bonds is 11. The minimum absolute atomic E-state index is 0.105. The lowest BCUT2D eigenvalue weighted by Gasteiger charge is -2.23. The van der Waals surface area contributed by atoms with E-state index in [-0.39, 0.29) is 18.2 Å². The number of nitrogens with zero attached hydrogens (tertiary/aromatic N) is 1. The molecule has 5 nitrogen and oxygen atoms in total. The first-order valence-electron chi connectivity index (χ1n) is 9.83. The van der Waals surface area contributed by atoms with Gasteiger partial charge in [-0.3, -0.25) is 14.5 Å². The van der Waals surface area contributed by atoms with Crippen molar-refractivity contribution in [2.75, 3.05) is 13.1 Å². The molecule has 2 N–H and O–H groups in total. The lowest BCUT2D eigenvalue weighted by atomic mass is 10.0. The number of hydrogen-bond acceptors (Lipinski definition) is 4. The maximum absolute atomic E-state index is 12.2. The molecule has 0 radical (unpaired) electrons. The van der Waals surface area contributed by atoms with E-state index in [9.17, 15) is 14.7 Å². The van der Waals surface area contributed by atoms with Gasteiger partial charge in [0, 0.05) is 25.9 Å². The van der Waals surface area contributed by atoms with E-state index < -0.39 is 12.1 Å². The minimum atomic E-state index is -0.773. The third-order valence-corrected chi connectivity index (χ3v) is 5.05. The van der Waals surface area contributed by atoms with Crippen LogP contribution in [0.5, 0.6) is 0 Å². The Morgan fingerprint density at radius 1 is 1.37 bits per heavy atom. The smallest absolute Gasteiger partial charge is 0.303 e. The van der Waals surface area contributed by atoms with E-state index in [1.54, 1.807) is 0 Å². The number of carboxylic acids is 1. The van der Waals surface area contributed by atoms with Gasteiger partial charge in [0.1, 0.15) is 0 Å². The standard InChI is InChI=1S/C22H31NO4/c1-17-7-6-8-18(15-17)16-19(24)11-13-23-14-12-21(25)20(23)9-4-2-3-5-10-22(26)27/h2,4,6-8,15,19-20,24H,3,5,9-14,16H2,1H3,(H,26,27)/t19?,20-/m0/s1. The van der Waals surface area contributed by atoms with Gasteiger partial charge in [0.15, 0.2) is 5.78 Å². The number of aryl methyl sites for hydroxylation is 1. The number of carbonyl (C=O) groups excluding carboxylic acids is 1. The molecule has 0 saturated carbocycles. The highest BCUT2D eigenvalue weighted by Crippen LogP contribution is 2.19. The predicted molar refractivity (Wildman–Crippen MR) is 106 cm³/mol. The lowest BCUT2D eigenvalue weighted by molar-refractivity contribution is -0.137. The molecule has 0 aromatic heterocycles. The molecule has 1 fully saturated rings. The summed E-state index contributed by atoms with van der Waals surface area (Å²) in [6.07, 6.45) is 7.61. The molecule has 27 heavy (non-hydrogen) atoms. The number of aliphatic hydroxyl groups is 1. The molecule has 0 spiro atoms. The molecule has 1 heterocycles. The second kappa shape index (κ2) is 11.0. The number of aliphatic hydroxyl groups excluding tert-OH is 1. The number of aliphatic carboxylic acids is 1. The zero-order valence-electron chi connectivity index (χ0n) is 16.1. The zero-order chi connectivity index (χ0) is 19.6. The van der Waals surface area contributed by atoms with Crippen LogP contribution in [-0.4, -0.2) is 52.1 Å². The van der Waals surface area contributed by atoms with Gasteiger partial charge in [-0.15, -0.1) is 0 Å². The topological polar surface area (TPSA) is 77.8 Å². The molecule has 0 bridgehead atoms. The van der Waals surface area contributed by atoms with Crippen molar-refractivity contribution in [3.63, 3.8) is 0 Å². The number of carbonyl (C=O) groups is 2. The summed E-state index contributed by atoms with van der Waals surface area (Å²) in [7, 11) is 0. The highest BCUT2D eigenvalue weighted by molar-refractivity contribution is 5.86.